The van der Waals surface area contributed by atoms with Crippen molar-refractivity contribution in [3.8, 4) is 0 Å². The van der Waals surface area contributed by atoms with Crippen LogP contribution < -0.4 is 5.73 Å². The van der Waals surface area contributed by atoms with Gasteiger partial charge >= 0.3 is 12.1 Å². The first kappa shape index (κ1) is 22.6. The molecule has 140 valence electrons. The highest BCUT2D eigenvalue weighted by Crippen LogP contribution is 2.28. The van der Waals surface area contributed by atoms with E-state index in [0.29, 0.717) is 24.5 Å². The van der Waals surface area contributed by atoms with Gasteiger partial charge in [0.15, 0.2) is 0 Å². The molecule has 1 aliphatic rings. The summed E-state index contributed by atoms with van der Waals surface area (Å²) in [6, 6.07) is 0. The predicted molar refractivity (Wildman–Crippen MR) is 96.8 cm³/mol. The molecule has 1 amide bonds. The molecule has 6 heteroatoms. The fraction of sp³-hybridized carbons (Fsp3) is 0.526. The molecule has 2 N–H and O–H groups in total. The van der Waals surface area contributed by atoms with Crippen molar-refractivity contribution >= 4 is 17.8 Å². The molecule has 0 bridgehead atoms. The summed E-state index contributed by atoms with van der Waals surface area (Å²) in [5.41, 5.74) is 5.51. The molecule has 0 aromatic heterocycles. The Morgan fingerprint density at radius 1 is 1.32 bits per heavy atom. The van der Waals surface area contributed by atoms with Crippen molar-refractivity contribution in [1.82, 2.24) is 0 Å². The number of carbonyl (C=O) groups excluding carboxylic acids is 3. The second-order valence-electron chi connectivity index (χ2n) is 5.83. The zero-order chi connectivity index (χ0) is 19.2. The maximum atomic E-state index is 11.3. The highest BCUT2D eigenvalue weighted by molar-refractivity contribution is 5.79. The lowest BCUT2D eigenvalue weighted by Crippen LogP contribution is -2.22. The number of rotatable bonds is 6. The van der Waals surface area contributed by atoms with Crippen LogP contribution in [0.2, 0.25) is 0 Å². The maximum absolute atomic E-state index is 11.3. The van der Waals surface area contributed by atoms with Gasteiger partial charge in [0.2, 0.25) is 0 Å². The Balaban J connectivity index is 0.000000477. The first-order chi connectivity index (χ1) is 11.8. The Bertz CT molecular complexity index is 510. The molecule has 0 heterocycles. The monoisotopic (exact) mass is 351 g/mol. The van der Waals surface area contributed by atoms with Gasteiger partial charge in [-0.15, -0.1) is 0 Å². The van der Waals surface area contributed by atoms with E-state index in [9.17, 15) is 14.4 Å². The molecule has 0 aliphatic heterocycles. The molecule has 1 aliphatic carbocycles. The van der Waals surface area contributed by atoms with Crippen LogP contribution in [0.4, 0.5) is 4.79 Å². The number of ketones is 1. The quantitative estimate of drug-likeness (QED) is 0.450. The summed E-state index contributed by atoms with van der Waals surface area (Å²) in [5.74, 6) is 0.453. The van der Waals surface area contributed by atoms with E-state index in [1.54, 1.807) is 18.2 Å². The summed E-state index contributed by atoms with van der Waals surface area (Å²) >= 11 is 0. The van der Waals surface area contributed by atoms with Crippen molar-refractivity contribution in [3.63, 3.8) is 0 Å². The van der Waals surface area contributed by atoms with Crippen LogP contribution in [0.5, 0.6) is 0 Å². The molecule has 6 nitrogen and oxygen atoms in total. The molecule has 0 radical (unpaired) electrons. The minimum atomic E-state index is -0.790. The van der Waals surface area contributed by atoms with E-state index in [2.05, 4.69) is 17.9 Å². The van der Waals surface area contributed by atoms with Crippen LogP contribution in [0.15, 0.2) is 37.0 Å². The van der Waals surface area contributed by atoms with E-state index >= 15 is 0 Å². The number of carbonyl (C=O) groups is 3. The van der Waals surface area contributed by atoms with E-state index in [-0.39, 0.29) is 18.5 Å². The second kappa shape index (κ2) is 13.0. The van der Waals surface area contributed by atoms with E-state index in [1.807, 2.05) is 6.92 Å². The zero-order valence-corrected chi connectivity index (χ0v) is 15.2. The number of Topliss-reactive ketones (excluding diaryl/α,β-unsaturated/α-hetero) is 1. The van der Waals surface area contributed by atoms with Gasteiger partial charge in [-0.1, -0.05) is 38.3 Å². The van der Waals surface area contributed by atoms with Gasteiger partial charge in [0.1, 0.15) is 12.4 Å². The fourth-order valence-electron chi connectivity index (χ4n) is 2.54. The van der Waals surface area contributed by atoms with Crippen LogP contribution in [-0.4, -0.2) is 31.6 Å². The van der Waals surface area contributed by atoms with Gasteiger partial charge in [0.05, 0.1) is 13.0 Å². The van der Waals surface area contributed by atoms with Gasteiger partial charge in [-0.3, -0.25) is 9.59 Å². The number of hydrogen-bond donors (Lipinski definition) is 1. The van der Waals surface area contributed by atoms with Gasteiger partial charge in [0, 0.05) is 12.8 Å². The van der Waals surface area contributed by atoms with Crippen LogP contribution >= 0.6 is 0 Å². The molecule has 1 fully saturated rings. The molecule has 2 unspecified atom stereocenters. The smallest absolute Gasteiger partial charge is 0.404 e. The normalized spacial score (nSPS) is 18.7. The van der Waals surface area contributed by atoms with Gasteiger partial charge < -0.3 is 15.2 Å². The molecule has 0 spiro atoms. The van der Waals surface area contributed by atoms with Crippen molar-refractivity contribution in [3.05, 3.63) is 37.0 Å². The van der Waals surface area contributed by atoms with E-state index in [0.717, 1.165) is 24.8 Å². The molecular weight excluding hydrogens is 322 g/mol. The van der Waals surface area contributed by atoms with E-state index in [4.69, 9.17) is 10.5 Å². The minimum absolute atomic E-state index is 0.0640. The average molecular weight is 351 g/mol. The number of ether oxygens (including phenoxy) is 2. The third-order valence-corrected chi connectivity index (χ3v) is 4.08. The third kappa shape index (κ3) is 10.2. The molecule has 1 rings (SSSR count). The lowest BCUT2D eigenvalue weighted by molar-refractivity contribution is -0.147. The first-order valence-electron chi connectivity index (χ1n) is 8.31. The zero-order valence-electron chi connectivity index (χ0n) is 15.2. The topological polar surface area (TPSA) is 95.7 Å². The van der Waals surface area contributed by atoms with Gasteiger partial charge in [-0.05, 0) is 30.8 Å². The standard InChI is InChI=1S/C11H18O3.C8H11NO2/c1-8(11(13)14-2)9-4-3-5-10(12)7-6-9;1-3-5-7(4-2)6-11-8(9)10/h8-9H,3-7H2,1-2H3;3-5H,1-2,6H2,(H2,9,10)/b;7-5+. The summed E-state index contributed by atoms with van der Waals surface area (Å²) in [7, 11) is 1.42. The van der Waals surface area contributed by atoms with Crippen molar-refractivity contribution < 1.29 is 23.9 Å². The molecule has 1 saturated carbocycles. The van der Waals surface area contributed by atoms with Gasteiger partial charge in [0.25, 0.3) is 0 Å². The number of esters is 1. The van der Waals surface area contributed by atoms with Crippen LogP contribution in [0.3, 0.4) is 0 Å². The Hall–Kier alpha value is -2.37. The molecular formula is C19H29NO5. The molecule has 2 atom stereocenters. The van der Waals surface area contributed by atoms with Crippen LogP contribution in [0.1, 0.15) is 39.0 Å². The van der Waals surface area contributed by atoms with Crippen molar-refractivity contribution in [2.45, 2.75) is 39.0 Å². The first-order valence-corrected chi connectivity index (χ1v) is 8.31. The van der Waals surface area contributed by atoms with Crippen molar-refractivity contribution in [1.29, 1.82) is 0 Å². The summed E-state index contributed by atoms with van der Waals surface area (Å²) in [4.78, 5) is 32.6. The van der Waals surface area contributed by atoms with Gasteiger partial charge in [-0.2, -0.15) is 0 Å². The summed E-state index contributed by atoms with van der Waals surface area (Å²) in [5, 5.41) is 0. The highest BCUT2D eigenvalue weighted by Gasteiger charge is 2.26. The Kier molecular flexibility index (Phi) is 11.8. The SMILES string of the molecule is C=C/C=C(\C=C)COC(N)=O.COC(=O)C(C)C1CCCC(=O)CC1. The Morgan fingerprint density at radius 3 is 2.52 bits per heavy atom. The second-order valence-corrected chi connectivity index (χ2v) is 5.83. The number of methoxy groups -OCH3 is 1. The Labute approximate surface area is 149 Å². The summed E-state index contributed by atoms with van der Waals surface area (Å²) in [6.07, 6.45) is 8.11. The average Bonchev–Trinajstić information content (AvgIpc) is 2.82. The number of primary amides is 1. The van der Waals surface area contributed by atoms with Crippen LogP contribution in [0, 0.1) is 11.8 Å². The number of amides is 1. The molecule has 25 heavy (non-hydrogen) atoms. The number of nitrogens with two attached hydrogens (primary N) is 1. The number of allylic oxidation sites excluding steroid dienone is 2. The molecule has 0 aromatic rings. The fourth-order valence-corrected chi connectivity index (χ4v) is 2.54. The summed E-state index contributed by atoms with van der Waals surface area (Å²) < 4.78 is 9.21. The van der Waals surface area contributed by atoms with Crippen molar-refractivity contribution in [2.24, 2.45) is 17.6 Å². The predicted octanol–water partition coefficient (Wildman–Crippen LogP) is 3.33. The van der Waals surface area contributed by atoms with Crippen LogP contribution in [0.25, 0.3) is 0 Å². The molecule has 0 aromatic carbocycles. The lowest BCUT2D eigenvalue weighted by atomic mass is 9.87. The van der Waals surface area contributed by atoms with Crippen LogP contribution in [-0.2, 0) is 19.1 Å². The lowest BCUT2D eigenvalue weighted by Gasteiger charge is -2.19. The highest BCUT2D eigenvalue weighted by atomic mass is 16.5. The maximum Gasteiger partial charge on any atom is 0.404 e. The minimum Gasteiger partial charge on any atom is -0.469 e. The summed E-state index contributed by atoms with van der Waals surface area (Å²) in [6.45, 7) is 9.03. The van der Waals surface area contributed by atoms with E-state index in [1.165, 1.54) is 7.11 Å². The third-order valence-electron chi connectivity index (χ3n) is 4.08. The Morgan fingerprint density at radius 2 is 2.00 bits per heavy atom. The number of hydrogen-bond acceptors (Lipinski definition) is 5. The largest absolute Gasteiger partial charge is 0.469 e. The van der Waals surface area contributed by atoms with E-state index < -0.39 is 6.09 Å². The van der Waals surface area contributed by atoms with Gasteiger partial charge in [-0.25, -0.2) is 4.79 Å². The van der Waals surface area contributed by atoms with Crippen molar-refractivity contribution in [2.75, 3.05) is 13.7 Å². The molecule has 0 saturated heterocycles.